The summed E-state index contributed by atoms with van der Waals surface area (Å²) in [4.78, 5) is 39.4. The molecule has 3 aromatic rings. The van der Waals surface area contributed by atoms with Crippen molar-refractivity contribution in [3.05, 3.63) is 64.4 Å². The number of methoxy groups -OCH3 is 1. The minimum absolute atomic E-state index is 0.210. The molecule has 1 amide bonds. The van der Waals surface area contributed by atoms with Crippen LogP contribution in [0.15, 0.2) is 53.3 Å². The molecule has 2 heterocycles. The number of hydrogen-bond acceptors (Lipinski definition) is 6. The Bertz CT molecular complexity index is 1200. The van der Waals surface area contributed by atoms with Gasteiger partial charge in [0.1, 0.15) is 6.54 Å². The first-order valence-corrected chi connectivity index (χ1v) is 10.7. The lowest BCUT2D eigenvalue weighted by atomic mass is 10.00. The monoisotopic (exact) mass is 434 g/mol. The number of benzene rings is 2. The molecule has 1 aliphatic rings. The topological polar surface area (TPSA) is 93.5 Å². The fourth-order valence-corrected chi connectivity index (χ4v) is 4.08. The summed E-state index contributed by atoms with van der Waals surface area (Å²) >= 11 is 0. The Hall–Kier alpha value is -3.68. The number of hydrogen-bond donors (Lipinski definition) is 1. The second-order valence-corrected chi connectivity index (χ2v) is 8.14. The van der Waals surface area contributed by atoms with Crippen molar-refractivity contribution in [2.45, 2.75) is 26.3 Å². The molecule has 0 aliphatic carbocycles. The normalized spacial score (nSPS) is 16.1. The molecule has 166 valence electrons. The average Bonchev–Trinajstić information content (AvgIpc) is 2.81. The number of anilines is 2. The van der Waals surface area contributed by atoms with Gasteiger partial charge in [-0.2, -0.15) is 5.10 Å². The van der Waals surface area contributed by atoms with Crippen LogP contribution in [0.25, 0.3) is 10.8 Å². The SMILES string of the molecule is COC(=O)c1ccc(NC(=O)Cn2nc(N3CCC[C@@H](C)C3)c3ccccc3c2=O)cc1. The van der Waals surface area contributed by atoms with Gasteiger partial charge in [-0.15, -0.1) is 0 Å². The number of ether oxygens (including phenoxy) is 1. The molecule has 0 spiro atoms. The van der Waals surface area contributed by atoms with Crippen molar-refractivity contribution in [3.63, 3.8) is 0 Å². The van der Waals surface area contributed by atoms with Gasteiger partial charge in [0.15, 0.2) is 5.82 Å². The van der Waals surface area contributed by atoms with Crippen molar-refractivity contribution in [2.75, 3.05) is 30.4 Å². The summed E-state index contributed by atoms with van der Waals surface area (Å²) in [7, 11) is 1.31. The largest absolute Gasteiger partial charge is 0.465 e. The molecule has 1 saturated heterocycles. The van der Waals surface area contributed by atoms with E-state index in [1.807, 2.05) is 18.2 Å². The molecule has 0 saturated carbocycles. The number of carbonyl (C=O) groups excluding carboxylic acids is 2. The van der Waals surface area contributed by atoms with E-state index in [2.05, 4.69) is 27.0 Å². The Labute approximate surface area is 185 Å². The van der Waals surface area contributed by atoms with Gasteiger partial charge in [-0.3, -0.25) is 9.59 Å². The number of aromatic nitrogens is 2. The third kappa shape index (κ3) is 4.49. The zero-order valence-corrected chi connectivity index (χ0v) is 18.2. The summed E-state index contributed by atoms with van der Waals surface area (Å²) < 4.78 is 5.91. The molecule has 1 aromatic heterocycles. The number of amides is 1. The summed E-state index contributed by atoms with van der Waals surface area (Å²) in [6, 6.07) is 13.8. The van der Waals surface area contributed by atoms with Gasteiger partial charge in [-0.1, -0.05) is 25.1 Å². The van der Waals surface area contributed by atoms with Crippen molar-refractivity contribution in [1.29, 1.82) is 0 Å². The maximum atomic E-state index is 13.0. The second-order valence-electron chi connectivity index (χ2n) is 8.14. The highest BCUT2D eigenvalue weighted by Gasteiger charge is 2.22. The zero-order valence-electron chi connectivity index (χ0n) is 18.2. The van der Waals surface area contributed by atoms with Crippen LogP contribution >= 0.6 is 0 Å². The number of nitrogens with zero attached hydrogens (tertiary/aromatic N) is 3. The van der Waals surface area contributed by atoms with Gasteiger partial charge >= 0.3 is 5.97 Å². The number of rotatable bonds is 5. The Balaban J connectivity index is 1.60. The molecule has 0 bridgehead atoms. The molecule has 0 unspecified atom stereocenters. The zero-order chi connectivity index (χ0) is 22.7. The first kappa shape index (κ1) is 21.5. The molecule has 1 N–H and O–H groups in total. The predicted octanol–water partition coefficient (Wildman–Crippen LogP) is 3.06. The van der Waals surface area contributed by atoms with Crippen molar-refractivity contribution in [1.82, 2.24) is 9.78 Å². The number of nitrogens with one attached hydrogen (secondary N) is 1. The van der Waals surface area contributed by atoms with E-state index >= 15 is 0 Å². The average molecular weight is 434 g/mol. The van der Waals surface area contributed by atoms with E-state index in [0.29, 0.717) is 22.6 Å². The summed E-state index contributed by atoms with van der Waals surface area (Å²) in [5, 5.41) is 8.70. The predicted molar refractivity (Wildman–Crippen MR) is 123 cm³/mol. The van der Waals surface area contributed by atoms with E-state index in [1.54, 1.807) is 30.3 Å². The molecule has 2 aromatic carbocycles. The Morgan fingerprint density at radius 1 is 1.12 bits per heavy atom. The van der Waals surface area contributed by atoms with E-state index in [1.165, 1.54) is 18.2 Å². The Kier molecular flexibility index (Phi) is 6.20. The molecule has 0 radical (unpaired) electrons. The van der Waals surface area contributed by atoms with Crippen molar-refractivity contribution in [2.24, 2.45) is 5.92 Å². The first-order valence-electron chi connectivity index (χ1n) is 10.7. The van der Waals surface area contributed by atoms with Crippen molar-refractivity contribution in [3.8, 4) is 0 Å². The van der Waals surface area contributed by atoms with E-state index in [-0.39, 0.29) is 18.0 Å². The maximum absolute atomic E-state index is 13.0. The van der Waals surface area contributed by atoms with Crippen LogP contribution in [0, 0.1) is 5.92 Å². The van der Waals surface area contributed by atoms with Crippen LogP contribution in [-0.4, -0.2) is 41.9 Å². The van der Waals surface area contributed by atoms with Crippen LogP contribution in [0.4, 0.5) is 11.5 Å². The standard InChI is InChI=1S/C24H26N4O4/c1-16-6-5-13-27(14-16)22-19-7-3-4-8-20(19)23(30)28(26-22)15-21(29)25-18-11-9-17(10-12-18)24(31)32-2/h3-4,7-12,16H,5-6,13-15H2,1-2H3,(H,25,29)/t16-/m1/s1. The molecule has 32 heavy (non-hydrogen) atoms. The van der Waals surface area contributed by atoms with Gasteiger partial charge in [-0.25, -0.2) is 9.48 Å². The number of piperidine rings is 1. The lowest BCUT2D eigenvalue weighted by molar-refractivity contribution is -0.117. The van der Waals surface area contributed by atoms with Crippen LogP contribution in [-0.2, 0) is 16.1 Å². The highest BCUT2D eigenvalue weighted by atomic mass is 16.5. The number of esters is 1. The highest BCUT2D eigenvalue weighted by Crippen LogP contribution is 2.26. The molecule has 4 rings (SSSR count). The fraction of sp³-hybridized carbons (Fsp3) is 0.333. The minimum Gasteiger partial charge on any atom is -0.465 e. The highest BCUT2D eigenvalue weighted by molar-refractivity contribution is 5.94. The van der Waals surface area contributed by atoms with Crippen LogP contribution in [0.2, 0.25) is 0 Å². The lowest BCUT2D eigenvalue weighted by Crippen LogP contribution is -2.38. The summed E-state index contributed by atoms with van der Waals surface area (Å²) in [6.07, 6.45) is 2.24. The smallest absolute Gasteiger partial charge is 0.337 e. The summed E-state index contributed by atoms with van der Waals surface area (Å²) in [5.74, 6) is 0.455. The third-order valence-electron chi connectivity index (χ3n) is 5.69. The van der Waals surface area contributed by atoms with Gasteiger partial charge < -0.3 is 15.0 Å². The van der Waals surface area contributed by atoms with E-state index in [0.717, 1.165) is 30.7 Å². The molecule has 8 heteroatoms. The van der Waals surface area contributed by atoms with Gasteiger partial charge in [0.2, 0.25) is 5.91 Å². The van der Waals surface area contributed by atoms with E-state index in [4.69, 9.17) is 0 Å². The number of fused-ring (bicyclic) bond motifs is 1. The first-order chi connectivity index (χ1) is 15.5. The Morgan fingerprint density at radius 3 is 2.53 bits per heavy atom. The minimum atomic E-state index is -0.450. The van der Waals surface area contributed by atoms with Crippen molar-refractivity contribution >= 4 is 34.2 Å². The summed E-state index contributed by atoms with van der Waals surface area (Å²) in [6.45, 7) is 3.74. The molecule has 1 atom stereocenters. The maximum Gasteiger partial charge on any atom is 0.337 e. The van der Waals surface area contributed by atoms with Crippen LogP contribution in [0.1, 0.15) is 30.1 Å². The molecular formula is C24H26N4O4. The fourth-order valence-electron chi connectivity index (χ4n) is 4.08. The molecule has 1 fully saturated rings. The molecule has 1 aliphatic heterocycles. The van der Waals surface area contributed by atoms with Crippen LogP contribution in [0.5, 0.6) is 0 Å². The van der Waals surface area contributed by atoms with Gasteiger partial charge in [0, 0.05) is 24.2 Å². The lowest BCUT2D eigenvalue weighted by Gasteiger charge is -2.32. The molecular weight excluding hydrogens is 408 g/mol. The van der Waals surface area contributed by atoms with Gasteiger partial charge in [-0.05, 0) is 49.1 Å². The quantitative estimate of drug-likeness (QED) is 0.621. The van der Waals surface area contributed by atoms with E-state index < -0.39 is 5.97 Å². The molecule has 8 nitrogen and oxygen atoms in total. The van der Waals surface area contributed by atoms with E-state index in [9.17, 15) is 14.4 Å². The van der Waals surface area contributed by atoms with Gasteiger partial charge in [0.25, 0.3) is 5.56 Å². The van der Waals surface area contributed by atoms with Crippen molar-refractivity contribution < 1.29 is 14.3 Å². The van der Waals surface area contributed by atoms with Gasteiger partial charge in [0.05, 0.1) is 18.1 Å². The van der Waals surface area contributed by atoms with Crippen LogP contribution < -0.4 is 15.8 Å². The van der Waals surface area contributed by atoms with Crippen LogP contribution in [0.3, 0.4) is 0 Å². The summed E-state index contributed by atoms with van der Waals surface area (Å²) in [5.41, 5.74) is 0.602. The third-order valence-corrected chi connectivity index (χ3v) is 5.69. The second kappa shape index (κ2) is 9.21. The number of carbonyl (C=O) groups is 2. The Morgan fingerprint density at radius 2 is 1.84 bits per heavy atom.